The quantitative estimate of drug-likeness (QED) is 0.408. The number of allylic oxidation sites excluding steroid dienone is 1. The molecule has 0 amide bonds. The number of nitrogens with one attached hydrogen (secondary N) is 1. The maximum Gasteiger partial charge on any atom is 0.339 e. The average molecular weight is 449 g/mol. The highest BCUT2D eigenvalue weighted by molar-refractivity contribution is 9.10. The number of ether oxygens (including phenoxy) is 3. The van der Waals surface area contributed by atoms with E-state index in [0.717, 1.165) is 7.11 Å². The zero-order chi connectivity index (χ0) is 20.6. The lowest BCUT2D eigenvalue weighted by Crippen LogP contribution is -2.47. The van der Waals surface area contributed by atoms with Crippen LogP contribution in [0.3, 0.4) is 0 Å². The van der Waals surface area contributed by atoms with E-state index in [4.69, 9.17) is 19.9 Å². The number of hydrogen-bond donors (Lipinski definition) is 2. The molecule has 1 aromatic carbocycles. The van der Waals surface area contributed by atoms with Crippen molar-refractivity contribution in [2.75, 3.05) is 19.0 Å². The van der Waals surface area contributed by atoms with Gasteiger partial charge in [-0.3, -0.25) is 0 Å². The number of methoxy groups -OCH3 is 1. The summed E-state index contributed by atoms with van der Waals surface area (Å²) in [6.07, 6.45) is 1.39. The summed E-state index contributed by atoms with van der Waals surface area (Å²) in [4.78, 5) is 38.7. The number of hydrogen-bond acceptors (Lipinski definition) is 8. The predicted octanol–water partition coefficient (Wildman–Crippen LogP) is 2.02. The molecule has 8 nitrogen and oxygen atoms in total. The highest BCUT2D eigenvalue weighted by Gasteiger charge is 2.62. The predicted molar refractivity (Wildman–Crippen MR) is 103 cm³/mol. The first-order valence-electron chi connectivity index (χ1n) is 8.16. The number of carbonyl (C=O) groups is 3. The highest BCUT2D eigenvalue weighted by atomic mass is 79.9. The molecule has 0 saturated carbocycles. The number of nitrogens with two attached hydrogens (primary N) is 1. The van der Waals surface area contributed by atoms with Crippen molar-refractivity contribution in [3.63, 3.8) is 0 Å². The number of rotatable bonds is 4. The van der Waals surface area contributed by atoms with Gasteiger partial charge in [0.2, 0.25) is 0 Å². The molecule has 146 valence electrons. The molecule has 2 aliphatic heterocycles. The maximum atomic E-state index is 13.2. The molecule has 0 fully saturated rings. The molecule has 0 aromatic heterocycles. The molecule has 0 radical (unpaired) electrons. The Morgan fingerprint density at radius 1 is 1.36 bits per heavy atom. The lowest BCUT2D eigenvalue weighted by atomic mass is 9.67. The Morgan fingerprint density at radius 2 is 2.07 bits per heavy atom. The third-order valence-corrected chi connectivity index (χ3v) is 5.00. The van der Waals surface area contributed by atoms with Crippen molar-refractivity contribution in [2.24, 2.45) is 5.73 Å². The van der Waals surface area contributed by atoms with Gasteiger partial charge in [0.05, 0.1) is 7.11 Å². The van der Waals surface area contributed by atoms with Crippen molar-refractivity contribution in [1.82, 2.24) is 0 Å². The first-order valence-corrected chi connectivity index (χ1v) is 8.95. The molecule has 3 N–H and O–H groups in total. The fourth-order valence-corrected chi connectivity index (χ4v) is 3.81. The normalized spacial score (nSPS) is 20.5. The lowest BCUT2D eigenvalue weighted by molar-refractivity contribution is -0.146. The van der Waals surface area contributed by atoms with Crippen LogP contribution in [0.2, 0.25) is 0 Å². The van der Waals surface area contributed by atoms with Crippen LogP contribution in [-0.4, -0.2) is 31.6 Å². The number of halogens is 1. The Kier molecular flexibility index (Phi) is 5.03. The molecule has 0 bridgehead atoms. The molecule has 3 rings (SSSR count). The number of benzene rings is 1. The maximum absolute atomic E-state index is 13.2. The van der Waals surface area contributed by atoms with Crippen LogP contribution >= 0.6 is 15.9 Å². The van der Waals surface area contributed by atoms with Gasteiger partial charge in [0.1, 0.15) is 29.3 Å². The fourth-order valence-electron chi connectivity index (χ4n) is 3.45. The van der Waals surface area contributed by atoms with Crippen molar-refractivity contribution in [3.05, 3.63) is 63.6 Å². The summed E-state index contributed by atoms with van der Waals surface area (Å²) in [5.41, 5.74) is 4.53. The van der Waals surface area contributed by atoms with Crippen molar-refractivity contribution in [1.29, 1.82) is 0 Å². The van der Waals surface area contributed by atoms with E-state index in [1.165, 1.54) is 13.0 Å². The van der Waals surface area contributed by atoms with Crippen LogP contribution in [0.1, 0.15) is 12.5 Å². The summed E-state index contributed by atoms with van der Waals surface area (Å²) >= 11 is 3.36. The summed E-state index contributed by atoms with van der Waals surface area (Å²) in [7, 11) is 1.15. The zero-order valence-electron chi connectivity index (χ0n) is 15.1. The molecular weight excluding hydrogens is 432 g/mol. The number of cyclic esters (lactones) is 1. The Bertz CT molecular complexity index is 981. The summed E-state index contributed by atoms with van der Waals surface area (Å²) in [6, 6.07) is 5.00. The Labute approximate surface area is 169 Å². The molecule has 28 heavy (non-hydrogen) atoms. The largest absolute Gasteiger partial charge is 0.466 e. The van der Waals surface area contributed by atoms with Gasteiger partial charge in [-0.2, -0.15) is 0 Å². The summed E-state index contributed by atoms with van der Waals surface area (Å²) in [5.74, 6) is -2.66. The highest BCUT2D eigenvalue weighted by Crippen LogP contribution is 2.53. The van der Waals surface area contributed by atoms with E-state index in [0.29, 0.717) is 15.7 Å². The second-order valence-electron chi connectivity index (χ2n) is 6.05. The van der Waals surface area contributed by atoms with Gasteiger partial charge < -0.3 is 25.3 Å². The van der Waals surface area contributed by atoms with Crippen LogP contribution in [0.4, 0.5) is 5.69 Å². The van der Waals surface area contributed by atoms with E-state index in [1.54, 1.807) is 18.2 Å². The smallest absolute Gasteiger partial charge is 0.339 e. The van der Waals surface area contributed by atoms with Crippen LogP contribution in [0.5, 0.6) is 0 Å². The standard InChI is InChI=1S/C19H17BrN2O6/c1-4-7-27-17(24)13-9(2)28-18(25)19(13)11-8-10(20)5-6-12(11)22-15(21)14(19)16(23)26-3/h4-6,8,22H,1,7,21H2,2-3H3/t19-/m1/s1. The Hall–Kier alpha value is -3.07. The minimum Gasteiger partial charge on any atom is -0.466 e. The second kappa shape index (κ2) is 7.16. The van der Waals surface area contributed by atoms with Crippen LogP contribution in [0, 0.1) is 0 Å². The van der Waals surface area contributed by atoms with Crippen molar-refractivity contribution in [3.8, 4) is 0 Å². The number of carbonyl (C=O) groups excluding carboxylic acids is 3. The third-order valence-electron chi connectivity index (χ3n) is 4.50. The summed E-state index contributed by atoms with van der Waals surface area (Å²) in [6.45, 7) is 4.86. The van der Waals surface area contributed by atoms with Crippen LogP contribution in [0.15, 0.2) is 58.1 Å². The first-order chi connectivity index (χ1) is 13.3. The minimum absolute atomic E-state index is 0.0149. The Morgan fingerprint density at radius 3 is 2.71 bits per heavy atom. The number of anilines is 1. The van der Waals surface area contributed by atoms with Gasteiger partial charge in [-0.15, -0.1) is 0 Å². The topological polar surface area (TPSA) is 117 Å². The third kappa shape index (κ3) is 2.70. The number of esters is 3. The summed E-state index contributed by atoms with van der Waals surface area (Å²) in [5, 5.41) is 2.88. The van der Waals surface area contributed by atoms with E-state index in [2.05, 4.69) is 27.8 Å². The molecular formula is C19H17BrN2O6. The van der Waals surface area contributed by atoms with Gasteiger partial charge in [-0.1, -0.05) is 28.6 Å². The lowest BCUT2D eigenvalue weighted by Gasteiger charge is -2.35. The van der Waals surface area contributed by atoms with E-state index in [9.17, 15) is 14.4 Å². The molecule has 1 spiro atoms. The van der Waals surface area contributed by atoms with Crippen LogP contribution in [-0.2, 0) is 34.0 Å². The minimum atomic E-state index is -1.93. The van der Waals surface area contributed by atoms with E-state index in [1.807, 2.05) is 0 Å². The molecule has 1 atom stereocenters. The fraction of sp³-hybridized carbons (Fsp3) is 0.211. The molecule has 0 aliphatic carbocycles. The monoisotopic (exact) mass is 448 g/mol. The van der Waals surface area contributed by atoms with Gasteiger partial charge >= 0.3 is 17.9 Å². The van der Waals surface area contributed by atoms with E-state index < -0.39 is 23.3 Å². The zero-order valence-corrected chi connectivity index (χ0v) is 16.7. The van der Waals surface area contributed by atoms with E-state index >= 15 is 0 Å². The number of fused-ring (bicyclic) bond motifs is 2. The summed E-state index contributed by atoms with van der Waals surface area (Å²) < 4.78 is 16.0. The SMILES string of the molecule is C=CCOC(=O)C1=C(C)OC(=O)[C@@]12C(C(=O)OC)=C(N)Nc1ccc(Br)cc12. The molecule has 9 heteroatoms. The van der Waals surface area contributed by atoms with Gasteiger partial charge in [-0.05, 0) is 25.1 Å². The van der Waals surface area contributed by atoms with Gasteiger partial charge in [-0.25, -0.2) is 14.4 Å². The van der Waals surface area contributed by atoms with Gasteiger partial charge in [0, 0.05) is 15.7 Å². The molecule has 1 aromatic rings. The van der Waals surface area contributed by atoms with Crippen molar-refractivity contribution < 1.29 is 28.6 Å². The van der Waals surface area contributed by atoms with Crippen molar-refractivity contribution in [2.45, 2.75) is 12.3 Å². The van der Waals surface area contributed by atoms with Crippen LogP contribution in [0.25, 0.3) is 0 Å². The van der Waals surface area contributed by atoms with Gasteiger partial charge in [0.15, 0.2) is 5.41 Å². The van der Waals surface area contributed by atoms with Gasteiger partial charge in [0.25, 0.3) is 0 Å². The molecule has 0 saturated heterocycles. The average Bonchev–Trinajstić information content (AvgIpc) is 2.91. The van der Waals surface area contributed by atoms with Crippen molar-refractivity contribution >= 4 is 39.5 Å². The Balaban J connectivity index is 2.39. The molecule has 2 heterocycles. The molecule has 0 unspecified atom stereocenters. The second-order valence-corrected chi connectivity index (χ2v) is 6.97. The molecule has 2 aliphatic rings. The van der Waals surface area contributed by atoms with Crippen LogP contribution < -0.4 is 11.1 Å². The van der Waals surface area contributed by atoms with E-state index in [-0.39, 0.29) is 29.3 Å². The first kappa shape index (κ1) is 19.7.